The summed E-state index contributed by atoms with van der Waals surface area (Å²) >= 11 is 12.1. The summed E-state index contributed by atoms with van der Waals surface area (Å²) in [6.45, 7) is 3.36. The molecular formula is C16H18Cl2N2O. The van der Waals surface area contributed by atoms with Gasteiger partial charge in [-0.1, -0.05) is 42.3 Å². The molecular weight excluding hydrogens is 307 g/mol. The molecule has 2 aromatic rings. The molecule has 21 heavy (non-hydrogen) atoms. The van der Waals surface area contributed by atoms with Gasteiger partial charge in [0.2, 0.25) is 5.88 Å². The van der Waals surface area contributed by atoms with Crippen molar-refractivity contribution in [3.8, 4) is 5.88 Å². The van der Waals surface area contributed by atoms with Crippen LogP contribution in [0.1, 0.15) is 18.9 Å². The molecule has 0 aliphatic carbocycles. The molecule has 0 amide bonds. The van der Waals surface area contributed by atoms with Gasteiger partial charge in [-0.05, 0) is 30.2 Å². The van der Waals surface area contributed by atoms with Crippen molar-refractivity contribution in [2.45, 2.75) is 25.9 Å². The molecule has 0 spiro atoms. The van der Waals surface area contributed by atoms with Gasteiger partial charge in [0.25, 0.3) is 0 Å². The van der Waals surface area contributed by atoms with Gasteiger partial charge in [0.05, 0.1) is 0 Å². The third-order valence-corrected chi connectivity index (χ3v) is 3.75. The van der Waals surface area contributed by atoms with E-state index in [4.69, 9.17) is 27.9 Å². The molecule has 1 aromatic carbocycles. The quantitative estimate of drug-likeness (QED) is 0.822. The van der Waals surface area contributed by atoms with Crippen LogP contribution >= 0.6 is 23.2 Å². The van der Waals surface area contributed by atoms with E-state index < -0.39 is 0 Å². The zero-order valence-corrected chi connectivity index (χ0v) is 13.4. The first kappa shape index (κ1) is 16.1. The Labute approximate surface area is 135 Å². The van der Waals surface area contributed by atoms with E-state index in [1.165, 1.54) is 0 Å². The summed E-state index contributed by atoms with van der Waals surface area (Å²) in [5, 5.41) is 4.76. The van der Waals surface area contributed by atoms with E-state index in [-0.39, 0.29) is 6.04 Å². The van der Waals surface area contributed by atoms with E-state index in [2.05, 4.69) is 17.2 Å². The highest BCUT2D eigenvalue weighted by molar-refractivity contribution is 6.35. The zero-order chi connectivity index (χ0) is 15.1. The highest BCUT2D eigenvalue weighted by Gasteiger charge is 2.09. The van der Waals surface area contributed by atoms with Crippen LogP contribution in [0.25, 0.3) is 0 Å². The first-order valence-electron chi connectivity index (χ1n) is 6.90. The number of hydrogen-bond donors (Lipinski definition) is 1. The van der Waals surface area contributed by atoms with Gasteiger partial charge < -0.3 is 10.1 Å². The Morgan fingerprint density at radius 2 is 2.10 bits per heavy atom. The number of benzene rings is 1. The largest absolute Gasteiger partial charge is 0.476 e. The maximum absolute atomic E-state index is 6.16. The fourth-order valence-electron chi connectivity index (χ4n) is 1.86. The molecule has 112 valence electrons. The van der Waals surface area contributed by atoms with Gasteiger partial charge in [0, 0.05) is 34.9 Å². The van der Waals surface area contributed by atoms with Crippen LogP contribution in [-0.2, 0) is 6.54 Å². The Balaban J connectivity index is 1.85. The number of nitrogens with zero attached hydrogens (tertiary/aromatic N) is 1. The van der Waals surface area contributed by atoms with Crippen LogP contribution in [0.2, 0.25) is 10.0 Å². The van der Waals surface area contributed by atoms with E-state index >= 15 is 0 Å². The van der Waals surface area contributed by atoms with Crippen molar-refractivity contribution in [3.05, 3.63) is 58.2 Å². The number of nitrogens with one attached hydrogen (secondary N) is 1. The Kier molecular flexibility index (Phi) is 6.30. The summed E-state index contributed by atoms with van der Waals surface area (Å²) in [7, 11) is 0. The highest BCUT2D eigenvalue weighted by atomic mass is 35.5. The summed E-state index contributed by atoms with van der Waals surface area (Å²) in [5.74, 6) is 0.641. The summed E-state index contributed by atoms with van der Waals surface area (Å²) in [6.07, 6.45) is 2.68. The van der Waals surface area contributed by atoms with Crippen molar-refractivity contribution < 1.29 is 4.74 Å². The molecule has 0 saturated heterocycles. The number of hydrogen-bond acceptors (Lipinski definition) is 3. The van der Waals surface area contributed by atoms with Crippen molar-refractivity contribution >= 4 is 23.2 Å². The normalized spacial score (nSPS) is 12.1. The van der Waals surface area contributed by atoms with Crippen LogP contribution in [0.15, 0.2) is 42.6 Å². The van der Waals surface area contributed by atoms with Gasteiger partial charge in [0.15, 0.2) is 0 Å². The van der Waals surface area contributed by atoms with Crippen LogP contribution in [0.3, 0.4) is 0 Å². The SMILES string of the molecule is CCC(COc1ccccn1)NCc1ccc(Cl)cc1Cl. The van der Waals surface area contributed by atoms with Crippen molar-refractivity contribution in [2.75, 3.05) is 6.61 Å². The van der Waals surface area contributed by atoms with Gasteiger partial charge in [0.1, 0.15) is 6.61 Å². The molecule has 1 aromatic heterocycles. The van der Waals surface area contributed by atoms with Crippen LogP contribution in [0.5, 0.6) is 5.88 Å². The number of halogens is 2. The van der Waals surface area contributed by atoms with Gasteiger partial charge in [-0.25, -0.2) is 4.98 Å². The molecule has 2 rings (SSSR count). The minimum absolute atomic E-state index is 0.235. The molecule has 3 nitrogen and oxygen atoms in total. The fraction of sp³-hybridized carbons (Fsp3) is 0.312. The minimum atomic E-state index is 0.235. The van der Waals surface area contributed by atoms with E-state index in [0.29, 0.717) is 29.1 Å². The van der Waals surface area contributed by atoms with Crippen molar-refractivity contribution in [3.63, 3.8) is 0 Å². The van der Waals surface area contributed by atoms with Gasteiger partial charge in [-0.2, -0.15) is 0 Å². The lowest BCUT2D eigenvalue weighted by Gasteiger charge is -2.18. The van der Waals surface area contributed by atoms with E-state index in [9.17, 15) is 0 Å². The number of pyridine rings is 1. The van der Waals surface area contributed by atoms with Crippen LogP contribution in [-0.4, -0.2) is 17.6 Å². The summed E-state index contributed by atoms with van der Waals surface area (Å²) < 4.78 is 5.67. The molecule has 1 heterocycles. The lowest BCUT2D eigenvalue weighted by molar-refractivity contribution is 0.251. The zero-order valence-electron chi connectivity index (χ0n) is 11.9. The minimum Gasteiger partial charge on any atom is -0.476 e. The molecule has 0 aliphatic rings. The van der Waals surface area contributed by atoms with Crippen LogP contribution < -0.4 is 10.1 Å². The Hall–Kier alpha value is -1.29. The summed E-state index contributed by atoms with van der Waals surface area (Å²) in [5.41, 5.74) is 1.03. The van der Waals surface area contributed by atoms with E-state index in [1.807, 2.05) is 30.3 Å². The third-order valence-electron chi connectivity index (χ3n) is 3.16. The lowest BCUT2D eigenvalue weighted by Crippen LogP contribution is -2.33. The topological polar surface area (TPSA) is 34.1 Å². The molecule has 0 saturated carbocycles. The molecule has 0 radical (unpaired) electrons. The van der Waals surface area contributed by atoms with Crippen molar-refractivity contribution in [2.24, 2.45) is 0 Å². The van der Waals surface area contributed by atoms with Crippen LogP contribution in [0, 0.1) is 0 Å². The number of rotatable bonds is 7. The van der Waals surface area contributed by atoms with Gasteiger partial charge >= 0.3 is 0 Å². The molecule has 1 unspecified atom stereocenters. The predicted octanol–water partition coefficient (Wildman–Crippen LogP) is 4.34. The lowest BCUT2D eigenvalue weighted by atomic mass is 10.2. The third kappa shape index (κ3) is 5.20. The summed E-state index contributed by atoms with van der Waals surface area (Å²) in [4.78, 5) is 4.14. The van der Waals surface area contributed by atoms with Crippen LogP contribution in [0.4, 0.5) is 0 Å². The highest BCUT2D eigenvalue weighted by Crippen LogP contribution is 2.20. The first-order valence-corrected chi connectivity index (χ1v) is 7.65. The first-order chi connectivity index (χ1) is 10.2. The van der Waals surface area contributed by atoms with Crippen molar-refractivity contribution in [1.82, 2.24) is 10.3 Å². The maximum Gasteiger partial charge on any atom is 0.213 e. The summed E-state index contributed by atoms with van der Waals surface area (Å²) in [6, 6.07) is 11.4. The smallest absolute Gasteiger partial charge is 0.213 e. The fourth-order valence-corrected chi connectivity index (χ4v) is 2.33. The molecule has 1 atom stereocenters. The molecule has 0 fully saturated rings. The molecule has 0 bridgehead atoms. The Morgan fingerprint density at radius 1 is 1.24 bits per heavy atom. The Bertz CT molecular complexity index is 563. The van der Waals surface area contributed by atoms with Gasteiger partial charge in [-0.3, -0.25) is 0 Å². The van der Waals surface area contributed by atoms with E-state index in [1.54, 1.807) is 12.3 Å². The monoisotopic (exact) mass is 324 g/mol. The Morgan fingerprint density at radius 3 is 2.76 bits per heavy atom. The standard InChI is InChI=1S/C16H18Cl2N2O/c1-2-14(11-21-16-5-3-4-8-19-16)20-10-12-6-7-13(17)9-15(12)18/h3-9,14,20H,2,10-11H2,1H3. The average molecular weight is 325 g/mol. The second-order valence-corrected chi connectivity index (χ2v) is 5.54. The molecule has 0 aliphatic heterocycles. The molecule has 5 heteroatoms. The molecule has 1 N–H and O–H groups in total. The average Bonchev–Trinajstić information content (AvgIpc) is 2.50. The van der Waals surface area contributed by atoms with Gasteiger partial charge in [-0.15, -0.1) is 0 Å². The number of ether oxygens (including phenoxy) is 1. The second-order valence-electron chi connectivity index (χ2n) is 4.70. The predicted molar refractivity (Wildman–Crippen MR) is 87.1 cm³/mol. The second kappa shape index (κ2) is 8.23. The maximum atomic E-state index is 6.16. The van der Waals surface area contributed by atoms with E-state index in [0.717, 1.165) is 12.0 Å². The van der Waals surface area contributed by atoms with Crippen molar-refractivity contribution in [1.29, 1.82) is 0 Å². The number of aromatic nitrogens is 1.